The molecule has 0 spiro atoms. The highest BCUT2D eigenvalue weighted by Gasteiger charge is 2.39. The highest BCUT2D eigenvalue weighted by molar-refractivity contribution is 6.05. The number of carbonyl (C=O) groups is 2. The Morgan fingerprint density at radius 2 is 2.11 bits per heavy atom. The predicted octanol–water partition coefficient (Wildman–Crippen LogP) is 2.26. The molecule has 0 aliphatic carbocycles. The van der Waals surface area contributed by atoms with Crippen molar-refractivity contribution in [3.05, 3.63) is 29.8 Å². The lowest BCUT2D eigenvalue weighted by Crippen LogP contribution is -2.33. The minimum atomic E-state index is -0.642. The number of hydrogen-bond donors (Lipinski definition) is 0. The van der Waals surface area contributed by atoms with Crippen LogP contribution in [0.2, 0.25) is 0 Å². The van der Waals surface area contributed by atoms with Crippen LogP contribution in [-0.4, -0.2) is 28.2 Å². The number of likely N-dealkylation sites (tertiary alicyclic amines) is 1. The summed E-state index contributed by atoms with van der Waals surface area (Å²) in [6.45, 7) is 6.58. The second-order valence-electron chi connectivity index (χ2n) is 5.95. The molecule has 1 aliphatic heterocycles. The molecule has 1 aromatic rings. The van der Waals surface area contributed by atoms with E-state index in [0.29, 0.717) is 13.0 Å². The molecule has 0 bridgehead atoms. The average Bonchev–Trinajstić information content (AvgIpc) is 2.71. The fraction of sp³-hybridized carbons (Fsp3) is 0.500. The largest absolute Gasteiger partial charge is 0.278 e. The van der Waals surface area contributed by atoms with Crippen molar-refractivity contribution in [1.29, 1.82) is 0 Å². The van der Waals surface area contributed by atoms with E-state index in [1.165, 1.54) is 11.0 Å². The molecular weight excluding hydrogens is 247 g/mol. The van der Waals surface area contributed by atoms with Crippen LogP contribution in [-0.2, 0) is 4.79 Å². The Bertz CT molecular complexity index is 505. The SMILES string of the molecule is CC(C)(C)C1CC(=O)N(C(=O)c2ccc(F)nc2)C1. The third-order valence-corrected chi connectivity index (χ3v) is 3.57. The molecule has 2 amide bonds. The number of amides is 2. The average molecular weight is 264 g/mol. The number of pyridine rings is 1. The molecule has 102 valence electrons. The molecular formula is C14H17FN2O2. The van der Waals surface area contributed by atoms with Crippen molar-refractivity contribution >= 4 is 11.8 Å². The molecule has 2 rings (SSSR count). The topological polar surface area (TPSA) is 50.3 Å². The van der Waals surface area contributed by atoms with E-state index in [9.17, 15) is 14.0 Å². The number of nitrogens with zero attached hydrogens (tertiary/aromatic N) is 2. The number of hydrogen-bond acceptors (Lipinski definition) is 3. The molecule has 19 heavy (non-hydrogen) atoms. The number of imide groups is 1. The van der Waals surface area contributed by atoms with Crippen LogP contribution in [0.25, 0.3) is 0 Å². The maximum absolute atomic E-state index is 12.7. The molecule has 1 atom stereocenters. The molecule has 1 aromatic heterocycles. The van der Waals surface area contributed by atoms with Gasteiger partial charge in [0.1, 0.15) is 0 Å². The Kier molecular flexibility index (Phi) is 3.39. The van der Waals surface area contributed by atoms with E-state index in [1.54, 1.807) is 0 Å². The van der Waals surface area contributed by atoms with Gasteiger partial charge in [-0.1, -0.05) is 20.8 Å². The number of carbonyl (C=O) groups excluding carboxylic acids is 2. The van der Waals surface area contributed by atoms with Gasteiger partial charge in [-0.3, -0.25) is 14.5 Å². The van der Waals surface area contributed by atoms with E-state index < -0.39 is 11.9 Å². The third kappa shape index (κ3) is 2.80. The summed E-state index contributed by atoms with van der Waals surface area (Å²) in [5.74, 6) is -1.06. The van der Waals surface area contributed by atoms with Crippen molar-refractivity contribution in [2.45, 2.75) is 27.2 Å². The first-order valence-corrected chi connectivity index (χ1v) is 6.25. The molecule has 1 unspecified atom stereocenters. The molecule has 0 radical (unpaired) electrons. The maximum Gasteiger partial charge on any atom is 0.262 e. The van der Waals surface area contributed by atoms with Crippen LogP contribution < -0.4 is 0 Å². The molecule has 1 aliphatic rings. The Morgan fingerprint density at radius 1 is 1.42 bits per heavy atom. The zero-order valence-electron chi connectivity index (χ0n) is 11.3. The Hall–Kier alpha value is -1.78. The Balaban J connectivity index is 2.17. The van der Waals surface area contributed by atoms with Gasteiger partial charge in [0, 0.05) is 19.2 Å². The first kappa shape index (κ1) is 13.6. The van der Waals surface area contributed by atoms with Crippen LogP contribution in [0.5, 0.6) is 0 Å². The van der Waals surface area contributed by atoms with E-state index in [2.05, 4.69) is 25.8 Å². The molecule has 0 aromatic carbocycles. The first-order chi connectivity index (χ1) is 8.79. The van der Waals surface area contributed by atoms with Crippen LogP contribution in [0.4, 0.5) is 4.39 Å². The highest BCUT2D eigenvalue weighted by Crippen LogP contribution is 2.34. The number of aromatic nitrogens is 1. The summed E-state index contributed by atoms with van der Waals surface area (Å²) in [5.41, 5.74) is 0.218. The van der Waals surface area contributed by atoms with Crippen molar-refractivity contribution in [3.63, 3.8) is 0 Å². The van der Waals surface area contributed by atoms with Gasteiger partial charge in [0.15, 0.2) is 0 Å². The molecule has 1 saturated heterocycles. The fourth-order valence-corrected chi connectivity index (χ4v) is 2.14. The summed E-state index contributed by atoms with van der Waals surface area (Å²) in [6.07, 6.45) is 1.54. The van der Waals surface area contributed by atoms with E-state index >= 15 is 0 Å². The van der Waals surface area contributed by atoms with E-state index in [4.69, 9.17) is 0 Å². The van der Waals surface area contributed by atoms with Gasteiger partial charge in [0.05, 0.1) is 5.56 Å². The second kappa shape index (κ2) is 4.72. The summed E-state index contributed by atoms with van der Waals surface area (Å²) in [6, 6.07) is 2.47. The van der Waals surface area contributed by atoms with Gasteiger partial charge in [-0.25, -0.2) is 4.98 Å². The van der Waals surface area contributed by atoms with Crippen molar-refractivity contribution in [1.82, 2.24) is 9.88 Å². The fourth-order valence-electron chi connectivity index (χ4n) is 2.14. The molecule has 0 N–H and O–H groups in total. The molecule has 0 saturated carbocycles. The van der Waals surface area contributed by atoms with Crippen LogP contribution in [0.1, 0.15) is 37.6 Å². The predicted molar refractivity (Wildman–Crippen MR) is 67.8 cm³/mol. The molecule has 4 nitrogen and oxygen atoms in total. The van der Waals surface area contributed by atoms with Gasteiger partial charge < -0.3 is 0 Å². The van der Waals surface area contributed by atoms with Crippen LogP contribution in [0.15, 0.2) is 18.3 Å². The van der Waals surface area contributed by atoms with E-state index in [-0.39, 0.29) is 22.8 Å². The minimum Gasteiger partial charge on any atom is -0.278 e. The summed E-state index contributed by atoms with van der Waals surface area (Å²) in [7, 11) is 0. The van der Waals surface area contributed by atoms with Crippen LogP contribution >= 0.6 is 0 Å². The van der Waals surface area contributed by atoms with Crippen molar-refractivity contribution < 1.29 is 14.0 Å². The summed E-state index contributed by atoms with van der Waals surface area (Å²) >= 11 is 0. The molecule has 5 heteroatoms. The van der Waals surface area contributed by atoms with Gasteiger partial charge >= 0.3 is 0 Å². The van der Waals surface area contributed by atoms with Gasteiger partial charge in [0.25, 0.3) is 5.91 Å². The summed E-state index contributed by atoms with van der Waals surface area (Å²) < 4.78 is 12.7. The lowest BCUT2D eigenvalue weighted by Gasteiger charge is -2.26. The standard InChI is InChI=1S/C14H17FN2O2/c1-14(2,3)10-6-12(18)17(8-10)13(19)9-4-5-11(15)16-7-9/h4-5,7,10H,6,8H2,1-3H3. The van der Waals surface area contributed by atoms with Crippen molar-refractivity contribution in [3.8, 4) is 0 Å². The van der Waals surface area contributed by atoms with Gasteiger partial charge in [-0.2, -0.15) is 4.39 Å². The summed E-state index contributed by atoms with van der Waals surface area (Å²) in [5, 5.41) is 0. The van der Waals surface area contributed by atoms with Gasteiger partial charge in [-0.15, -0.1) is 0 Å². The molecule has 1 fully saturated rings. The highest BCUT2D eigenvalue weighted by atomic mass is 19.1. The first-order valence-electron chi connectivity index (χ1n) is 6.25. The Labute approximate surface area is 111 Å². The van der Waals surface area contributed by atoms with E-state index in [1.807, 2.05) is 0 Å². The van der Waals surface area contributed by atoms with E-state index in [0.717, 1.165) is 12.3 Å². The van der Waals surface area contributed by atoms with Gasteiger partial charge in [-0.05, 0) is 23.5 Å². The lowest BCUT2D eigenvalue weighted by molar-refractivity contribution is -0.125. The van der Waals surface area contributed by atoms with Crippen molar-refractivity contribution in [2.24, 2.45) is 11.3 Å². The maximum atomic E-state index is 12.7. The normalized spacial score (nSPS) is 19.9. The zero-order valence-corrected chi connectivity index (χ0v) is 11.3. The van der Waals surface area contributed by atoms with Gasteiger partial charge in [0.2, 0.25) is 11.9 Å². The van der Waals surface area contributed by atoms with Crippen LogP contribution in [0.3, 0.4) is 0 Å². The lowest BCUT2D eigenvalue weighted by atomic mass is 9.80. The Morgan fingerprint density at radius 3 is 2.58 bits per heavy atom. The smallest absolute Gasteiger partial charge is 0.262 e. The third-order valence-electron chi connectivity index (χ3n) is 3.57. The van der Waals surface area contributed by atoms with Crippen molar-refractivity contribution in [2.75, 3.05) is 6.54 Å². The number of halogens is 1. The zero-order chi connectivity index (χ0) is 14.2. The monoisotopic (exact) mass is 264 g/mol. The second-order valence-corrected chi connectivity index (χ2v) is 5.95. The molecule has 2 heterocycles. The number of rotatable bonds is 1. The summed E-state index contributed by atoms with van der Waals surface area (Å²) in [4.78, 5) is 28.8. The minimum absolute atomic E-state index is 0.0221. The quantitative estimate of drug-likeness (QED) is 0.577. The van der Waals surface area contributed by atoms with Crippen LogP contribution in [0, 0.1) is 17.3 Å².